The van der Waals surface area contributed by atoms with Gasteiger partial charge in [-0.3, -0.25) is 5.01 Å². The van der Waals surface area contributed by atoms with Crippen LogP contribution >= 0.6 is 0 Å². The zero-order valence-corrected chi connectivity index (χ0v) is 21.3. The number of rotatable bonds is 3. The number of hydrogen-bond donors (Lipinski definition) is 3. The summed E-state index contributed by atoms with van der Waals surface area (Å²) in [5.74, 6) is 0.266. The normalized spacial score (nSPS) is 46.8. The number of aliphatic hydroxyl groups is 3. The maximum atomic E-state index is 12.5. The fraction of sp³-hybridized carbons (Fsp3) is 0.786. The van der Waals surface area contributed by atoms with Gasteiger partial charge in [0.25, 0.3) is 0 Å². The lowest BCUT2D eigenvalue weighted by Gasteiger charge is -2.65. The number of fused-ring (bicyclic) bond motifs is 5. The van der Waals surface area contributed by atoms with Gasteiger partial charge in [-0.25, -0.2) is 4.79 Å². The van der Waals surface area contributed by atoms with E-state index in [1.807, 2.05) is 17.3 Å². The molecule has 1 aromatic heterocycles. The lowest BCUT2D eigenvalue weighted by atomic mass is 9.41. The highest BCUT2D eigenvalue weighted by Crippen LogP contribution is 2.71. The summed E-state index contributed by atoms with van der Waals surface area (Å²) in [5.41, 5.74) is -2.15. The average Bonchev–Trinajstić information content (AvgIpc) is 3.15. The molecule has 0 radical (unpaired) electrons. The quantitative estimate of drug-likeness (QED) is 0.547. The average molecular weight is 501 g/mol. The van der Waals surface area contributed by atoms with Crippen molar-refractivity contribution in [1.82, 2.24) is 5.01 Å². The van der Waals surface area contributed by atoms with Gasteiger partial charge in [0.15, 0.2) is 0 Å². The molecule has 5 aliphatic rings. The minimum absolute atomic E-state index is 0.0450. The lowest BCUT2D eigenvalue weighted by molar-refractivity contribution is -0.235. The Labute approximate surface area is 212 Å². The smallest absolute Gasteiger partial charge is 0.335 e. The number of aliphatic hydroxyl groups excluding tert-OH is 1. The van der Waals surface area contributed by atoms with Crippen LogP contribution in [0, 0.1) is 22.7 Å². The van der Waals surface area contributed by atoms with E-state index in [4.69, 9.17) is 14.3 Å². The van der Waals surface area contributed by atoms with Crippen molar-refractivity contribution >= 4 is 6.21 Å². The fourth-order valence-electron chi connectivity index (χ4n) is 9.13. The molecule has 1 aliphatic heterocycles. The van der Waals surface area contributed by atoms with E-state index in [-0.39, 0.29) is 28.8 Å². The van der Waals surface area contributed by atoms with Crippen LogP contribution in [0.5, 0.6) is 0 Å². The first-order valence-electron chi connectivity index (χ1n) is 13.8. The molecule has 3 N–H and O–H groups in total. The first-order valence-corrected chi connectivity index (χ1v) is 13.8. The monoisotopic (exact) mass is 500 g/mol. The predicted molar refractivity (Wildman–Crippen MR) is 134 cm³/mol. The molecule has 6 rings (SSSR count). The van der Waals surface area contributed by atoms with Crippen LogP contribution in [0.4, 0.5) is 0 Å². The molecule has 198 valence electrons. The molecule has 0 spiro atoms. The second-order valence-electron chi connectivity index (χ2n) is 12.4. The molecule has 8 nitrogen and oxygen atoms in total. The molecule has 0 amide bonds. The van der Waals surface area contributed by atoms with E-state index in [1.54, 1.807) is 6.26 Å². The molecule has 8 atom stereocenters. The number of hydrazone groups is 1. The van der Waals surface area contributed by atoms with Crippen molar-refractivity contribution < 1.29 is 24.5 Å². The standard InChI is InChI=1S/C28H40N2O6/c1-25-8-5-22-23(28(25,34)11-7-21(25)19-2-3-24(32)36-17-19)6-10-27(33)16-20(31)4-9-26(22,27)18-29-30-12-14-35-15-13-30/h2-3,17-18,20-23,31,33-34H,4-16H2,1H3/b29-18+/t20-,21+,22?,23+,25+,26-,27-,28-/m0/s1. The highest BCUT2D eigenvalue weighted by Gasteiger charge is 2.70. The van der Waals surface area contributed by atoms with Gasteiger partial charge in [0.1, 0.15) is 0 Å². The van der Waals surface area contributed by atoms with Crippen molar-refractivity contribution in [3.63, 3.8) is 0 Å². The van der Waals surface area contributed by atoms with Crippen molar-refractivity contribution in [1.29, 1.82) is 0 Å². The van der Waals surface area contributed by atoms with Gasteiger partial charge >= 0.3 is 5.63 Å². The van der Waals surface area contributed by atoms with Crippen LogP contribution in [0.2, 0.25) is 0 Å². The summed E-state index contributed by atoms with van der Waals surface area (Å²) in [6.07, 6.45) is 9.36. The summed E-state index contributed by atoms with van der Waals surface area (Å²) < 4.78 is 10.7. The minimum atomic E-state index is -1.02. The van der Waals surface area contributed by atoms with Gasteiger partial charge in [0.2, 0.25) is 0 Å². The molecule has 0 bridgehead atoms. The number of ether oxygens (including phenoxy) is 1. The summed E-state index contributed by atoms with van der Waals surface area (Å²) in [7, 11) is 0. The molecule has 4 saturated carbocycles. The molecule has 1 aromatic rings. The summed E-state index contributed by atoms with van der Waals surface area (Å²) in [4.78, 5) is 11.6. The van der Waals surface area contributed by atoms with Crippen molar-refractivity contribution in [2.45, 2.75) is 87.9 Å². The van der Waals surface area contributed by atoms with Crippen LogP contribution in [0.25, 0.3) is 0 Å². The second kappa shape index (κ2) is 8.65. The van der Waals surface area contributed by atoms with E-state index in [2.05, 4.69) is 6.92 Å². The first-order chi connectivity index (χ1) is 17.2. The minimum Gasteiger partial charge on any atom is -0.431 e. The zero-order chi connectivity index (χ0) is 25.2. The van der Waals surface area contributed by atoms with Gasteiger partial charge in [-0.1, -0.05) is 6.92 Å². The highest BCUT2D eigenvalue weighted by atomic mass is 16.5. The Morgan fingerprint density at radius 1 is 1.03 bits per heavy atom. The van der Waals surface area contributed by atoms with Gasteiger partial charge < -0.3 is 24.5 Å². The molecule has 0 aromatic carbocycles. The van der Waals surface area contributed by atoms with Gasteiger partial charge in [0.05, 0.1) is 49.9 Å². The van der Waals surface area contributed by atoms with Crippen LogP contribution in [-0.4, -0.2) is 70.2 Å². The molecule has 1 unspecified atom stereocenters. The van der Waals surface area contributed by atoms with E-state index in [0.29, 0.717) is 45.3 Å². The van der Waals surface area contributed by atoms with E-state index < -0.39 is 22.7 Å². The Bertz CT molecular complexity index is 1050. The van der Waals surface area contributed by atoms with Crippen molar-refractivity contribution in [3.05, 3.63) is 34.4 Å². The largest absolute Gasteiger partial charge is 0.431 e. The third kappa shape index (κ3) is 3.47. The Hall–Kier alpha value is -1.74. The molecule has 8 heteroatoms. The predicted octanol–water partition coefficient (Wildman–Crippen LogP) is 2.65. The van der Waals surface area contributed by atoms with E-state index in [1.165, 1.54) is 6.07 Å². The summed E-state index contributed by atoms with van der Waals surface area (Å²) in [5, 5.41) is 42.1. The van der Waals surface area contributed by atoms with Crippen LogP contribution < -0.4 is 5.63 Å². The van der Waals surface area contributed by atoms with Gasteiger partial charge in [0, 0.05) is 29.5 Å². The lowest BCUT2D eigenvalue weighted by Crippen LogP contribution is -2.68. The van der Waals surface area contributed by atoms with E-state index in [0.717, 1.165) is 44.3 Å². The van der Waals surface area contributed by atoms with Crippen LogP contribution in [0.3, 0.4) is 0 Å². The zero-order valence-electron chi connectivity index (χ0n) is 21.3. The maximum Gasteiger partial charge on any atom is 0.335 e. The molecular weight excluding hydrogens is 460 g/mol. The Morgan fingerprint density at radius 3 is 2.56 bits per heavy atom. The highest BCUT2D eigenvalue weighted by molar-refractivity contribution is 5.69. The van der Waals surface area contributed by atoms with E-state index in [9.17, 15) is 20.1 Å². The third-order valence-electron chi connectivity index (χ3n) is 11.1. The SMILES string of the molecule is C[C@]12CCC3[C@@H](CC[C@]4(O)C[C@@H](O)CC[C@]34/C=N/N3CCOCC3)[C@@]1(O)CC[C@@H]2c1ccc(=O)oc1. The molecule has 5 fully saturated rings. The third-order valence-corrected chi connectivity index (χ3v) is 11.1. The van der Waals surface area contributed by atoms with Crippen LogP contribution in [-0.2, 0) is 4.74 Å². The van der Waals surface area contributed by atoms with Crippen molar-refractivity contribution in [2.24, 2.45) is 27.8 Å². The maximum absolute atomic E-state index is 12.5. The van der Waals surface area contributed by atoms with Crippen molar-refractivity contribution in [3.8, 4) is 0 Å². The molecular formula is C28H40N2O6. The van der Waals surface area contributed by atoms with Crippen LogP contribution in [0.1, 0.15) is 76.2 Å². The Morgan fingerprint density at radius 2 is 1.81 bits per heavy atom. The number of nitrogens with zero attached hydrogens (tertiary/aromatic N) is 2. The summed E-state index contributed by atoms with van der Waals surface area (Å²) in [6.45, 7) is 4.99. The summed E-state index contributed by atoms with van der Waals surface area (Å²) >= 11 is 0. The van der Waals surface area contributed by atoms with E-state index >= 15 is 0 Å². The summed E-state index contributed by atoms with van der Waals surface area (Å²) in [6, 6.07) is 3.34. The topological polar surface area (TPSA) is 116 Å². The first kappa shape index (κ1) is 24.6. The van der Waals surface area contributed by atoms with Gasteiger partial charge in [-0.15, -0.1) is 0 Å². The van der Waals surface area contributed by atoms with Gasteiger partial charge in [-0.05, 0) is 80.8 Å². The van der Waals surface area contributed by atoms with Crippen molar-refractivity contribution in [2.75, 3.05) is 26.3 Å². The Balaban J connectivity index is 1.36. The molecule has 2 heterocycles. The molecule has 1 saturated heterocycles. The number of morpholine rings is 1. The Kier molecular flexibility index (Phi) is 5.91. The second-order valence-corrected chi connectivity index (χ2v) is 12.4. The van der Waals surface area contributed by atoms with Crippen LogP contribution in [0.15, 0.2) is 32.7 Å². The molecule has 4 aliphatic carbocycles. The molecule has 36 heavy (non-hydrogen) atoms. The number of hydrogen-bond acceptors (Lipinski definition) is 8. The fourth-order valence-corrected chi connectivity index (χ4v) is 9.13. The van der Waals surface area contributed by atoms with Gasteiger partial charge in [-0.2, -0.15) is 5.10 Å².